The molecule has 0 fully saturated rings. The molecule has 0 heterocycles. The number of ether oxygens (including phenoxy) is 1. The van der Waals surface area contributed by atoms with Crippen molar-refractivity contribution in [3.05, 3.63) is 29.8 Å². The molecule has 1 unspecified atom stereocenters. The van der Waals surface area contributed by atoms with Crippen molar-refractivity contribution in [1.29, 1.82) is 0 Å². The quantitative estimate of drug-likeness (QED) is 0.684. The fourth-order valence-electron chi connectivity index (χ4n) is 1.56. The van der Waals surface area contributed by atoms with Crippen LogP contribution in [0.5, 0.6) is 5.75 Å². The van der Waals surface area contributed by atoms with E-state index in [1.807, 2.05) is 0 Å². The first-order chi connectivity index (χ1) is 8.93. The molecule has 0 aromatic heterocycles. The Morgan fingerprint density at radius 3 is 2.58 bits per heavy atom. The molecule has 5 heteroatoms. The van der Waals surface area contributed by atoms with Gasteiger partial charge >= 0.3 is 0 Å². The van der Waals surface area contributed by atoms with Crippen LogP contribution in [0.1, 0.15) is 18.9 Å². The van der Waals surface area contributed by atoms with Crippen LogP contribution in [0.3, 0.4) is 0 Å². The maximum Gasteiger partial charge on any atom is 0.224 e. The van der Waals surface area contributed by atoms with Gasteiger partial charge in [0.15, 0.2) is 0 Å². The highest BCUT2D eigenvalue weighted by Gasteiger charge is 2.20. The minimum atomic E-state index is -0.972. The number of phenolic OH excluding ortho intramolecular Hbond substituents is 1. The van der Waals surface area contributed by atoms with E-state index in [2.05, 4.69) is 5.32 Å². The molecule has 1 rings (SSSR count). The third kappa shape index (κ3) is 6.22. The molecule has 3 N–H and O–H groups in total. The minimum Gasteiger partial charge on any atom is -0.508 e. The topological polar surface area (TPSA) is 78.8 Å². The number of amides is 1. The number of nitrogens with one attached hydrogen (secondary N) is 1. The second-order valence-electron chi connectivity index (χ2n) is 4.86. The van der Waals surface area contributed by atoms with Crippen LogP contribution in [0.15, 0.2) is 24.3 Å². The Labute approximate surface area is 113 Å². The van der Waals surface area contributed by atoms with E-state index in [4.69, 9.17) is 9.84 Å². The highest BCUT2D eigenvalue weighted by Crippen LogP contribution is 2.11. The van der Waals surface area contributed by atoms with Gasteiger partial charge in [-0.3, -0.25) is 4.79 Å². The van der Waals surface area contributed by atoms with Gasteiger partial charge in [-0.05, 0) is 24.6 Å². The van der Waals surface area contributed by atoms with Gasteiger partial charge in [0, 0.05) is 26.7 Å². The van der Waals surface area contributed by atoms with Crippen LogP contribution in [-0.4, -0.2) is 42.0 Å². The molecule has 0 bridgehead atoms. The van der Waals surface area contributed by atoms with E-state index < -0.39 is 5.60 Å². The molecule has 1 atom stereocenters. The molecule has 0 saturated carbocycles. The number of carbonyl (C=O) groups is 1. The fourth-order valence-corrected chi connectivity index (χ4v) is 1.56. The van der Waals surface area contributed by atoms with Gasteiger partial charge < -0.3 is 20.3 Å². The van der Waals surface area contributed by atoms with Crippen molar-refractivity contribution in [3.63, 3.8) is 0 Å². The summed E-state index contributed by atoms with van der Waals surface area (Å²) in [5.41, 5.74) is -0.160. The zero-order chi connectivity index (χ0) is 14.3. The Balaban J connectivity index is 2.37. The van der Waals surface area contributed by atoms with Gasteiger partial charge in [-0.25, -0.2) is 0 Å². The molecule has 5 nitrogen and oxygen atoms in total. The van der Waals surface area contributed by atoms with Crippen molar-refractivity contribution in [2.75, 3.05) is 20.3 Å². The van der Waals surface area contributed by atoms with Gasteiger partial charge in [0.1, 0.15) is 5.75 Å². The first kappa shape index (κ1) is 15.5. The SMILES string of the molecule is COCCC(C)(O)CNC(=O)Cc1ccc(O)cc1. The van der Waals surface area contributed by atoms with E-state index in [0.29, 0.717) is 13.0 Å². The fraction of sp³-hybridized carbons (Fsp3) is 0.500. The van der Waals surface area contributed by atoms with Crippen LogP contribution in [0, 0.1) is 0 Å². The van der Waals surface area contributed by atoms with Gasteiger partial charge in [-0.15, -0.1) is 0 Å². The zero-order valence-electron chi connectivity index (χ0n) is 11.3. The van der Waals surface area contributed by atoms with E-state index in [1.54, 1.807) is 26.2 Å². The molecule has 1 aromatic rings. The monoisotopic (exact) mass is 267 g/mol. The van der Waals surface area contributed by atoms with E-state index in [9.17, 15) is 9.90 Å². The molecule has 19 heavy (non-hydrogen) atoms. The van der Waals surface area contributed by atoms with Gasteiger partial charge in [0.2, 0.25) is 5.91 Å². The van der Waals surface area contributed by atoms with Crippen molar-refractivity contribution >= 4 is 5.91 Å². The summed E-state index contributed by atoms with van der Waals surface area (Å²) in [7, 11) is 1.57. The number of hydrogen-bond donors (Lipinski definition) is 3. The Morgan fingerprint density at radius 1 is 1.37 bits per heavy atom. The van der Waals surface area contributed by atoms with E-state index >= 15 is 0 Å². The highest BCUT2D eigenvalue weighted by atomic mass is 16.5. The van der Waals surface area contributed by atoms with Crippen LogP contribution in [0.25, 0.3) is 0 Å². The third-order valence-electron chi connectivity index (χ3n) is 2.81. The molecule has 0 aliphatic carbocycles. The average Bonchev–Trinajstić information content (AvgIpc) is 2.37. The molecule has 1 amide bonds. The van der Waals surface area contributed by atoms with Crippen molar-refractivity contribution < 1.29 is 19.7 Å². The van der Waals surface area contributed by atoms with Crippen molar-refractivity contribution in [3.8, 4) is 5.75 Å². The minimum absolute atomic E-state index is 0.164. The molecular weight excluding hydrogens is 246 g/mol. The maximum absolute atomic E-state index is 11.7. The normalized spacial score (nSPS) is 13.8. The lowest BCUT2D eigenvalue weighted by Crippen LogP contribution is -2.41. The predicted octanol–water partition coefficient (Wildman–Crippen LogP) is 0.838. The number of rotatable bonds is 7. The number of hydrogen-bond acceptors (Lipinski definition) is 4. The van der Waals surface area contributed by atoms with Crippen LogP contribution < -0.4 is 5.32 Å². The largest absolute Gasteiger partial charge is 0.508 e. The summed E-state index contributed by atoms with van der Waals surface area (Å²) in [6, 6.07) is 6.46. The summed E-state index contributed by atoms with van der Waals surface area (Å²) >= 11 is 0. The molecule has 0 aliphatic rings. The summed E-state index contributed by atoms with van der Waals surface area (Å²) in [6.45, 7) is 2.29. The smallest absolute Gasteiger partial charge is 0.224 e. The average molecular weight is 267 g/mol. The Kier molecular flexibility index (Phi) is 5.79. The molecule has 0 spiro atoms. The van der Waals surface area contributed by atoms with Gasteiger partial charge in [0.25, 0.3) is 0 Å². The highest BCUT2D eigenvalue weighted by molar-refractivity contribution is 5.78. The lowest BCUT2D eigenvalue weighted by molar-refractivity contribution is -0.121. The first-order valence-corrected chi connectivity index (χ1v) is 6.19. The summed E-state index contributed by atoms with van der Waals surface area (Å²) in [5.74, 6) is 0.00930. The lowest BCUT2D eigenvalue weighted by Gasteiger charge is -2.23. The first-order valence-electron chi connectivity index (χ1n) is 6.19. The Hall–Kier alpha value is -1.59. The van der Waals surface area contributed by atoms with Crippen molar-refractivity contribution in [2.45, 2.75) is 25.4 Å². The Bertz CT molecular complexity index is 400. The molecular formula is C14H21NO4. The third-order valence-corrected chi connectivity index (χ3v) is 2.81. The van der Waals surface area contributed by atoms with Gasteiger partial charge in [-0.2, -0.15) is 0 Å². The second kappa shape index (κ2) is 7.11. The van der Waals surface area contributed by atoms with Crippen LogP contribution >= 0.6 is 0 Å². The summed E-state index contributed by atoms with van der Waals surface area (Å²) < 4.78 is 4.89. The van der Waals surface area contributed by atoms with E-state index in [1.165, 1.54) is 12.1 Å². The number of carbonyl (C=O) groups excluding carboxylic acids is 1. The summed E-state index contributed by atoms with van der Waals surface area (Å²) in [6.07, 6.45) is 0.684. The molecule has 106 valence electrons. The number of aromatic hydroxyl groups is 1. The standard InChI is InChI=1S/C14H21NO4/c1-14(18,7-8-19-2)10-15-13(17)9-11-3-5-12(16)6-4-11/h3-6,16,18H,7-10H2,1-2H3,(H,15,17). The zero-order valence-corrected chi connectivity index (χ0v) is 11.3. The van der Waals surface area contributed by atoms with Gasteiger partial charge in [0.05, 0.1) is 12.0 Å². The number of benzene rings is 1. The maximum atomic E-state index is 11.7. The van der Waals surface area contributed by atoms with Crippen LogP contribution in [0.2, 0.25) is 0 Å². The Morgan fingerprint density at radius 2 is 2.00 bits per heavy atom. The molecule has 0 radical (unpaired) electrons. The van der Waals surface area contributed by atoms with Crippen LogP contribution in [0.4, 0.5) is 0 Å². The molecule has 1 aromatic carbocycles. The summed E-state index contributed by atoms with van der Waals surface area (Å²) in [4.78, 5) is 11.7. The van der Waals surface area contributed by atoms with Crippen molar-refractivity contribution in [2.24, 2.45) is 0 Å². The number of phenols is 1. The number of methoxy groups -OCH3 is 1. The second-order valence-corrected chi connectivity index (χ2v) is 4.86. The van der Waals surface area contributed by atoms with E-state index in [0.717, 1.165) is 5.56 Å². The van der Waals surface area contributed by atoms with Crippen molar-refractivity contribution in [1.82, 2.24) is 5.32 Å². The molecule has 0 aliphatic heterocycles. The van der Waals surface area contributed by atoms with Gasteiger partial charge in [-0.1, -0.05) is 12.1 Å². The number of aliphatic hydroxyl groups is 1. The lowest BCUT2D eigenvalue weighted by atomic mass is 10.0. The van der Waals surface area contributed by atoms with E-state index in [-0.39, 0.29) is 24.6 Å². The predicted molar refractivity (Wildman–Crippen MR) is 71.9 cm³/mol. The molecule has 0 saturated heterocycles. The van der Waals surface area contributed by atoms with Crippen LogP contribution in [-0.2, 0) is 16.0 Å². The summed E-state index contributed by atoms with van der Waals surface area (Å²) in [5, 5.41) is 21.8.